The van der Waals surface area contributed by atoms with Crippen molar-refractivity contribution in [3.63, 3.8) is 0 Å². The van der Waals surface area contributed by atoms with Crippen LogP contribution in [0.4, 0.5) is 0 Å². The molecule has 0 aliphatic rings. The first-order valence-electron chi connectivity index (χ1n) is 4.70. The summed E-state index contributed by atoms with van der Waals surface area (Å²) < 4.78 is 11.1. The Morgan fingerprint density at radius 2 is 2.25 bits per heavy atom. The Morgan fingerprint density at radius 1 is 1.38 bits per heavy atom. The molecule has 4 nitrogen and oxygen atoms in total. The van der Waals surface area contributed by atoms with Gasteiger partial charge in [-0.3, -0.25) is 0 Å². The van der Waals surface area contributed by atoms with Crippen LogP contribution in [-0.2, 0) is 13.2 Å². The quantitative estimate of drug-likeness (QED) is 0.937. The van der Waals surface area contributed by atoms with Crippen molar-refractivity contribution >= 4 is 15.9 Å². The van der Waals surface area contributed by atoms with E-state index in [0.29, 0.717) is 6.61 Å². The minimum absolute atomic E-state index is 0.0184. The SMILES string of the molecule is OCc1ccc(OCc2cnoc2)c(Br)c1. The lowest BCUT2D eigenvalue weighted by Crippen LogP contribution is -1.95. The molecule has 0 aliphatic carbocycles. The Hall–Kier alpha value is -1.33. The molecule has 0 fully saturated rings. The maximum absolute atomic E-state index is 8.95. The van der Waals surface area contributed by atoms with E-state index in [0.717, 1.165) is 21.3 Å². The van der Waals surface area contributed by atoms with E-state index in [1.807, 2.05) is 18.2 Å². The van der Waals surface area contributed by atoms with Crippen molar-refractivity contribution in [2.45, 2.75) is 13.2 Å². The van der Waals surface area contributed by atoms with Gasteiger partial charge in [0.2, 0.25) is 0 Å². The first-order valence-corrected chi connectivity index (χ1v) is 5.49. The predicted molar refractivity (Wildman–Crippen MR) is 60.9 cm³/mol. The fourth-order valence-electron chi connectivity index (χ4n) is 1.22. The summed E-state index contributed by atoms with van der Waals surface area (Å²) in [5, 5.41) is 12.5. The molecule has 0 saturated heterocycles. The van der Waals surface area contributed by atoms with E-state index >= 15 is 0 Å². The van der Waals surface area contributed by atoms with E-state index in [2.05, 4.69) is 21.1 Å². The second-order valence-corrected chi connectivity index (χ2v) is 4.10. The number of rotatable bonds is 4. The highest BCUT2D eigenvalue weighted by molar-refractivity contribution is 9.10. The van der Waals surface area contributed by atoms with Crippen molar-refractivity contribution in [3.8, 4) is 5.75 Å². The molecule has 0 aliphatic heterocycles. The minimum atomic E-state index is 0.0184. The van der Waals surface area contributed by atoms with Gasteiger partial charge in [0.1, 0.15) is 18.6 Å². The van der Waals surface area contributed by atoms with E-state index in [1.165, 1.54) is 6.26 Å². The fraction of sp³-hybridized carbons (Fsp3) is 0.182. The number of aromatic nitrogens is 1. The van der Waals surface area contributed by atoms with Crippen LogP contribution in [-0.4, -0.2) is 10.3 Å². The third-order valence-electron chi connectivity index (χ3n) is 2.06. The standard InChI is InChI=1S/C11H10BrNO3/c12-10-3-8(5-14)1-2-11(10)15-6-9-4-13-16-7-9/h1-4,7,14H,5-6H2. The van der Waals surface area contributed by atoms with Crippen LogP contribution < -0.4 is 4.74 Å². The molecule has 84 valence electrons. The molecule has 16 heavy (non-hydrogen) atoms. The van der Waals surface area contributed by atoms with Crippen molar-refractivity contribution in [3.05, 3.63) is 46.3 Å². The predicted octanol–water partition coefficient (Wildman–Crippen LogP) is 2.51. The largest absolute Gasteiger partial charge is 0.488 e. The Balaban J connectivity index is 2.04. The first kappa shape index (κ1) is 11.2. The Labute approximate surface area is 101 Å². The molecule has 2 aromatic rings. The molecule has 5 heteroatoms. The van der Waals surface area contributed by atoms with Crippen LogP contribution in [0.1, 0.15) is 11.1 Å². The minimum Gasteiger partial charge on any atom is -0.488 e. The lowest BCUT2D eigenvalue weighted by molar-refractivity contribution is 0.280. The van der Waals surface area contributed by atoms with Gasteiger partial charge in [0.15, 0.2) is 0 Å². The summed E-state index contributed by atoms with van der Waals surface area (Å²) in [5.41, 5.74) is 1.71. The molecule has 0 bridgehead atoms. The van der Waals surface area contributed by atoms with Crippen molar-refractivity contribution < 1.29 is 14.4 Å². The molecular formula is C11H10BrNO3. The first-order chi connectivity index (χ1) is 7.79. The molecule has 1 aromatic carbocycles. The van der Waals surface area contributed by atoms with Gasteiger partial charge in [-0.2, -0.15) is 0 Å². The van der Waals surface area contributed by atoms with Crippen LogP contribution in [0, 0.1) is 0 Å². The molecule has 1 heterocycles. The van der Waals surface area contributed by atoms with Crippen molar-refractivity contribution in [2.24, 2.45) is 0 Å². The molecule has 2 rings (SSSR count). The van der Waals surface area contributed by atoms with Crippen LogP contribution in [0.25, 0.3) is 0 Å². The van der Waals surface area contributed by atoms with Crippen LogP contribution in [0.15, 0.2) is 39.7 Å². The van der Waals surface area contributed by atoms with Gasteiger partial charge >= 0.3 is 0 Å². The highest BCUT2D eigenvalue weighted by atomic mass is 79.9. The van der Waals surface area contributed by atoms with Gasteiger partial charge in [-0.1, -0.05) is 11.2 Å². The van der Waals surface area contributed by atoms with Gasteiger partial charge in [-0.15, -0.1) is 0 Å². The summed E-state index contributed by atoms with van der Waals surface area (Å²) in [6, 6.07) is 5.44. The van der Waals surface area contributed by atoms with Gasteiger partial charge in [0, 0.05) is 5.56 Å². The van der Waals surface area contributed by atoms with Crippen LogP contribution >= 0.6 is 15.9 Å². The topological polar surface area (TPSA) is 55.5 Å². The zero-order valence-electron chi connectivity index (χ0n) is 8.39. The number of halogens is 1. The molecule has 0 amide bonds. The maximum atomic E-state index is 8.95. The summed E-state index contributed by atoms with van der Waals surface area (Å²) in [5.74, 6) is 0.721. The zero-order chi connectivity index (χ0) is 11.4. The highest BCUT2D eigenvalue weighted by Crippen LogP contribution is 2.26. The molecule has 0 unspecified atom stereocenters. The number of nitrogens with zero attached hydrogens (tertiary/aromatic N) is 1. The monoisotopic (exact) mass is 283 g/mol. The fourth-order valence-corrected chi connectivity index (χ4v) is 1.76. The van der Waals surface area contributed by atoms with Crippen molar-refractivity contribution in [1.29, 1.82) is 0 Å². The third kappa shape index (κ3) is 2.62. The average Bonchev–Trinajstić information content (AvgIpc) is 2.80. The molecule has 0 saturated carbocycles. The van der Waals surface area contributed by atoms with Gasteiger partial charge < -0.3 is 14.4 Å². The van der Waals surface area contributed by atoms with E-state index in [4.69, 9.17) is 14.4 Å². The molecule has 1 aromatic heterocycles. The summed E-state index contributed by atoms with van der Waals surface area (Å²) in [7, 11) is 0. The van der Waals surface area contributed by atoms with Gasteiger partial charge in [0.05, 0.1) is 17.3 Å². The van der Waals surface area contributed by atoms with Crippen LogP contribution in [0.3, 0.4) is 0 Å². The number of benzene rings is 1. The van der Waals surface area contributed by atoms with E-state index in [-0.39, 0.29) is 6.61 Å². The number of hydrogen-bond acceptors (Lipinski definition) is 4. The van der Waals surface area contributed by atoms with Crippen LogP contribution in [0.5, 0.6) is 5.75 Å². The molecule has 0 spiro atoms. The number of hydrogen-bond donors (Lipinski definition) is 1. The average molecular weight is 284 g/mol. The normalized spacial score (nSPS) is 10.4. The molecular weight excluding hydrogens is 274 g/mol. The summed E-state index contributed by atoms with van der Waals surface area (Å²) in [6.45, 7) is 0.422. The molecule has 0 radical (unpaired) electrons. The summed E-state index contributed by atoms with van der Waals surface area (Å²) >= 11 is 3.38. The summed E-state index contributed by atoms with van der Waals surface area (Å²) in [6.07, 6.45) is 3.14. The Morgan fingerprint density at radius 3 is 2.88 bits per heavy atom. The van der Waals surface area contributed by atoms with Crippen LogP contribution in [0.2, 0.25) is 0 Å². The van der Waals surface area contributed by atoms with Crippen molar-refractivity contribution in [2.75, 3.05) is 0 Å². The summed E-state index contributed by atoms with van der Waals surface area (Å²) in [4.78, 5) is 0. The van der Waals surface area contributed by atoms with Gasteiger partial charge in [-0.25, -0.2) is 0 Å². The van der Waals surface area contributed by atoms with E-state index in [9.17, 15) is 0 Å². The Bertz CT molecular complexity index is 456. The lowest BCUT2D eigenvalue weighted by Gasteiger charge is -2.07. The Kier molecular flexibility index (Phi) is 3.58. The second kappa shape index (κ2) is 5.14. The third-order valence-corrected chi connectivity index (χ3v) is 2.68. The maximum Gasteiger partial charge on any atom is 0.134 e. The number of aliphatic hydroxyl groups is 1. The van der Waals surface area contributed by atoms with Gasteiger partial charge in [0.25, 0.3) is 0 Å². The lowest BCUT2D eigenvalue weighted by atomic mass is 10.2. The smallest absolute Gasteiger partial charge is 0.134 e. The van der Waals surface area contributed by atoms with Gasteiger partial charge in [-0.05, 0) is 33.6 Å². The molecule has 1 N–H and O–H groups in total. The second-order valence-electron chi connectivity index (χ2n) is 3.24. The molecule has 0 atom stereocenters. The van der Waals surface area contributed by atoms with E-state index < -0.39 is 0 Å². The van der Waals surface area contributed by atoms with Crippen molar-refractivity contribution in [1.82, 2.24) is 5.16 Å². The number of ether oxygens (including phenoxy) is 1. The highest BCUT2D eigenvalue weighted by Gasteiger charge is 2.03. The van der Waals surface area contributed by atoms with E-state index in [1.54, 1.807) is 6.20 Å². The zero-order valence-corrected chi connectivity index (χ0v) is 9.98. The number of aliphatic hydroxyl groups excluding tert-OH is 1.